The van der Waals surface area contributed by atoms with Crippen LogP contribution >= 0.6 is 0 Å². The molecule has 1 fully saturated rings. The Hall–Kier alpha value is -1.89. The topological polar surface area (TPSA) is 101 Å². The third kappa shape index (κ3) is 4.63. The van der Waals surface area contributed by atoms with Crippen molar-refractivity contribution >= 4 is 21.7 Å². The average Bonchev–Trinajstić information content (AvgIpc) is 2.81. The summed E-state index contributed by atoms with van der Waals surface area (Å²) in [5, 5.41) is 11.8. The summed E-state index contributed by atoms with van der Waals surface area (Å²) >= 11 is 0. The zero-order valence-corrected chi connectivity index (χ0v) is 16.1. The number of hydrogen-bond donors (Lipinski definition) is 2. The number of carboxylic acid groups (broad SMARTS) is 1. The van der Waals surface area contributed by atoms with Crippen LogP contribution in [-0.4, -0.2) is 36.2 Å². The molecule has 6 nitrogen and oxygen atoms in total. The Labute approximate surface area is 154 Å². The van der Waals surface area contributed by atoms with Crippen molar-refractivity contribution < 1.29 is 23.1 Å². The number of aliphatic carboxylic acids is 1. The number of amides is 1. The normalized spacial score (nSPS) is 17.5. The highest BCUT2D eigenvalue weighted by atomic mass is 32.2. The first kappa shape index (κ1) is 20.4. The SMILES string of the molecule is CC(C)S(=O)(=O)c1ccc(CC(=O)NC2(C(=O)O)CCCCCC2)cc1. The highest BCUT2D eigenvalue weighted by Crippen LogP contribution is 2.27. The van der Waals surface area contributed by atoms with Crippen molar-refractivity contribution in [2.24, 2.45) is 0 Å². The minimum Gasteiger partial charge on any atom is -0.480 e. The maximum atomic E-state index is 12.4. The lowest BCUT2D eigenvalue weighted by Crippen LogP contribution is -2.54. The van der Waals surface area contributed by atoms with Crippen LogP contribution in [0.5, 0.6) is 0 Å². The smallest absolute Gasteiger partial charge is 0.329 e. The van der Waals surface area contributed by atoms with E-state index >= 15 is 0 Å². The Kier molecular flexibility index (Phi) is 6.44. The van der Waals surface area contributed by atoms with Gasteiger partial charge in [0.1, 0.15) is 5.54 Å². The van der Waals surface area contributed by atoms with Gasteiger partial charge in [0.25, 0.3) is 0 Å². The Balaban J connectivity index is 2.08. The molecule has 0 aliphatic heterocycles. The summed E-state index contributed by atoms with van der Waals surface area (Å²) in [6.07, 6.45) is 4.45. The molecule has 1 aliphatic carbocycles. The van der Waals surface area contributed by atoms with Crippen LogP contribution < -0.4 is 5.32 Å². The van der Waals surface area contributed by atoms with E-state index in [-0.39, 0.29) is 17.2 Å². The summed E-state index contributed by atoms with van der Waals surface area (Å²) in [5.74, 6) is -1.33. The minimum atomic E-state index is -3.35. The van der Waals surface area contributed by atoms with Crippen molar-refractivity contribution in [3.05, 3.63) is 29.8 Å². The largest absolute Gasteiger partial charge is 0.480 e. The molecule has 0 aromatic heterocycles. The molecule has 0 heterocycles. The van der Waals surface area contributed by atoms with Gasteiger partial charge in [-0.3, -0.25) is 4.79 Å². The number of rotatable bonds is 6. The molecule has 0 radical (unpaired) electrons. The van der Waals surface area contributed by atoms with E-state index in [4.69, 9.17) is 0 Å². The van der Waals surface area contributed by atoms with Gasteiger partial charge in [0.05, 0.1) is 16.6 Å². The number of carbonyl (C=O) groups excluding carboxylic acids is 1. The molecule has 1 aromatic carbocycles. The molecule has 0 bridgehead atoms. The number of sulfone groups is 1. The third-order valence-electron chi connectivity index (χ3n) is 4.98. The number of nitrogens with one attached hydrogen (secondary N) is 1. The van der Waals surface area contributed by atoms with Crippen LogP contribution in [0, 0.1) is 0 Å². The molecular formula is C19H27NO5S. The second-order valence-corrected chi connectivity index (χ2v) is 9.77. The van der Waals surface area contributed by atoms with E-state index in [1.54, 1.807) is 26.0 Å². The highest BCUT2D eigenvalue weighted by molar-refractivity contribution is 7.92. The third-order valence-corrected chi connectivity index (χ3v) is 7.15. The Morgan fingerprint density at radius 1 is 1.08 bits per heavy atom. The molecule has 1 saturated carbocycles. The van der Waals surface area contributed by atoms with Crippen LogP contribution in [0.3, 0.4) is 0 Å². The van der Waals surface area contributed by atoms with Gasteiger partial charge >= 0.3 is 5.97 Å². The first-order valence-corrected chi connectivity index (χ1v) is 10.6. The van der Waals surface area contributed by atoms with Gasteiger partial charge in [-0.2, -0.15) is 0 Å². The zero-order chi connectivity index (χ0) is 19.4. The van der Waals surface area contributed by atoms with E-state index in [9.17, 15) is 23.1 Å². The fourth-order valence-electron chi connectivity index (χ4n) is 3.29. The van der Waals surface area contributed by atoms with Gasteiger partial charge in [0, 0.05) is 0 Å². The van der Waals surface area contributed by atoms with Crippen LogP contribution in [-0.2, 0) is 25.8 Å². The fourth-order valence-corrected chi connectivity index (χ4v) is 4.35. The summed E-state index contributed by atoms with van der Waals surface area (Å²) in [5.41, 5.74) is -0.534. The molecule has 26 heavy (non-hydrogen) atoms. The summed E-state index contributed by atoms with van der Waals surface area (Å²) in [6.45, 7) is 3.24. The zero-order valence-electron chi connectivity index (χ0n) is 15.3. The number of benzene rings is 1. The molecule has 0 unspecified atom stereocenters. The molecule has 2 N–H and O–H groups in total. The molecule has 2 rings (SSSR count). The van der Waals surface area contributed by atoms with Gasteiger partial charge in [-0.1, -0.05) is 37.8 Å². The van der Waals surface area contributed by atoms with Crippen LogP contribution in [0.4, 0.5) is 0 Å². The summed E-state index contributed by atoms with van der Waals surface area (Å²) < 4.78 is 24.3. The Bertz CT molecular complexity index is 745. The van der Waals surface area contributed by atoms with Crippen molar-refractivity contribution in [3.8, 4) is 0 Å². The average molecular weight is 381 g/mol. The van der Waals surface area contributed by atoms with Crippen molar-refractivity contribution in [1.29, 1.82) is 0 Å². The van der Waals surface area contributed by atoms with E-state index in [2.05, 4.69) is 5.32 Å². The minimum absolute atomic E-state index is 0.0248. The van der Waals surface area contributed by atoms with E-state index in [0.29, 0.717) is 18.4 Å². The lowest BCUT2D eigenvalue weighted by atomic mass is 9.90. The van der Waals surface area contributed by atoms with Crippen LogP contribution in [0.1, 0.15) is 57.9 Å². The molecule has 144 valence electrons. The molecule has 1 aliphatic rings. The van der Waals surface area contributed by atoms with E-state index < -0.39 is 26.6 Å². The number of carbonyl (C=O) groups is 2. The van der Waals surface area contributed by atoms with Crippen LogP contribution in [0.25, 0.3) is 0 Å². The fraction of sp³-hybridized carbons (Fsp3) is 0.579. The van der Waals surface area contributed by atoms with Crippen molar-refractivity contribution in [2.45, 2.75) is 74.5 Å². The van der Waals surface area contributed by atoms with Crippen molar-refractivity contribution in [1.82, 2.24) is 5.32 Å². The molecule has 1 aromatic rings. The van der Waals surface area contributed by atoms with Crippen molar-refractivity contribution in [2.75, 3.05) is 0 Å². The second kappa shape index (κ2) is 8.20. The number of carboxylic acids is 1. The van der Waals surface area contributed by atoms with Gasteiger partial charge in [0.15, 0.2) is 9.84 Å². The van der Waals surface area contributed by atoms with Gasteiger partial charge in [-0.15, -0.1) is 0 Å². The lowest BCUT2D eigenvalue weighted by Gasteiger charge is -2.29. The lowest BCUT2D eigenvalue weighted by molar-refractivity contribution is -0.148. The van der Waals surface area contributed by atoms with Gasteiger partial charge in [-0.25, -0.2) is 13.2 Å². The van der Waals surface area contributed by atoms with Crippen LogP contribution in [0.15, 0.2) is 29.2 Å². The predicted molar refractivity (Wildman–Crippen MR) is 98.7 cm³/mol. The highest BCUT2D eigenvalue weighted by Gasteiger charge is 2.39. The molecule has 0 saturated heterocycles. The number of hydrogen-bond acceptors (Lipinski definition) is 4. The van der Waals surface area contributed by atoms with Crippen LogP contribution in [0.2, 0.25) is 0 Å². The van der Waals surface area contributed by atoms with Gasteiger partial charge in [-0.05, 0) is 44.4 Å². The standard InChI is InChI=1S/C19H27NO5S/c1-14(2)26(24,25)16-9-7-15(8-10-16)13-17(21)20-19(18(22)23)11-5-3-4-6-12-19/h7-10,14H,3-6,11-13H2,1-2H3,(H,20,21)(H,22,23). The monoisotopic (exact) mass is 381 g/mol. The van der Waals surface area contributed by atoms with Gasteiger partial charge < -0.3 is 10.4 Å². The van der Waals surface area contributed by atoms with E-state index in [1.807, 2.05) is 0 Å². The molecular weight excluding hydrogens is 354 g/mol. The molecule has 1 amide bonds. The molecule has 0 spiro atoms. The van der Waals surface area contributed by atoms with Gasteiger partial charge in [0.2, 0.25) is 5.91 Å². The van der Waals surface area contributed by atoms with E-state index in [0.717, 1.165) is 25.7 Å². The molecule has 7 heteroatoms. The Morgan fingerprint density at radius 2 is 1.62 bits per heavy atom. The summed E-state index contributed by atoms with van der Waals surface area (Å²) in [4.78, 5) is 24.4. The van der Waals surface area contributed by atoms with E-state index in [1.165, 1.54) is 12.1 Å². The maximum Gasteiger partial charge on any atom is 0.329 e. The first-order valence-electron chi connectivity index (χ1n) is 9.05. The first-order chi connectivity index (χ1) is 12.2. The predicted octanol–water partition coefficient (Wildman–Crippen LogP) is 2.71. The second-order valence-electron chi connectivity index (χ2n) is 7.26. The Morgan fingerprint density at radius 3 is 2.08 bits per heavy atom. The quantitative estimate of drug-likeness (QED) is 0.738. The summed E-state index contributed by atoms with van der Waals surface area (Å²) in [6, 6.07) is 6.21. The maximum absolute atomic E-state index is 12.4. The molecule has 0 atom stereocenters. The summed E-state index contributed by atoms with van der Waals surface area (Å²) in [7, 11) is -3.35. The van der Waals surface area contributed by atoms with Crippen molar-refractivity contribution in [3.63, 3.8) is 0 Å².